The van der Waals surface area contributed by atoms with Gasteiger partial charge in [0, 0.05) is 4.88 Å². The van der Waals surface area contributed by atoms with Gasteiger partial charge in [-0.1, -0.05) is 19.4 Å². The summed E-state index contributed by atoms with van der Waals surface area (Å²) in [6, 6.07) is 5.88. The Bertz CT molecular complexity index is 833. The number of fused-ring (bicyclic) bond motifs is 3. The van der Waals surface area contributed by atoms with Crippen LogP contribution in [0.1, 0.15) is 52.3 Å². The Balaban J connectivity index is 1.65. The number of carbonyl (C=O) groups is 1. The molecule has 4 rings (SSSR count). The van der Waals surface area contributed by atoms with Gasteiger partial charge in [0.2, 0.25) is 0 Å². The molecular weight excluding hydrogens is 400 g/mol. The second-order valence-corrected chi connectivity index (χ2v) is 8.63. The zero-order chi connectivity index (χ0) is 17.6. The Hall–Kier alpha value is -1.53. The Morgan fingerprint density at radius 2 is 2.20 bits per heavy atom. The first-order valence-corrected chi connectivity index (χ1v) is 10.3. The average molecular weight is 421 g/mol. The molecule has 1 aliphatic carbocycles. The Labute approximate surface area is 160 Å². The summed E-state index contributed by atoms with van der Waals surface area (Å²) in [6.07, 6.45) is 4.31. The Morgan fingerprint density at radius 1 is 1.36 bits per heavy atom. The van der Waals surface area contributed by atoms with Gasteiger partial charge in [0.25, 0.3) is 5.91 Å². The normalized spacial score (nSPS) is 21.8. The molecule has 0 radical (unpaired) electrons. The lowest BCUT2D eigenvalue weighted by molar-refractivity contribution is 0.0935. The molecule has 6 heteroatoms. The lowest BCUT2D eigenvalue weighted by Gasteiger charge is -2.27. The van der Waals surface area contributed by atoms with Crippen LogP contribution in [0.15, 0.2) is 22.7 Å². The van der Waals surface area contributed by atoms with Gasteiger partial charge in [-0.15, -0.1) is 11.3 Å². The SMILES string of the molecule is CC[C@@H]1CCc2c(sc3c2C(=O)N[C@@H](c2ccc(OC)c(Br)c2)N3)C1. The molecule has 0 saturated heterocycles. The van der Waals surface area contributed by atoms with Crippen LogP contribution in [-0.2, 0) is 12.8 Å². The van der Waals surface area contributed by atoms with Crippen LogP contribution in [0.25, 0.3) is 0 Å². The van der Waals surface area contributed by atoms with Crippen LogP contribution in [0.4, 0.5) is 5.00 Å². The first kappa shape index (κ1) is 16.9. The third-order valence-corrected chi connectivity index (χ3v) is 7.04. The summed E-state index contributed by atoms with van der Waals surface area (Å²) >= 11 is 5.28. The molecular formula is C19H21BrN2O2S. The highest BCUT2D eigenvalue weighted by Gasteiger charge is 2.33. The zero-order valence-electron chi connectivity index (χ0n) is 14.3. The van der Waals surface area contributed by atoms with Gasteiger partial charge in [0.1, 0.15) is 16.9 Å². The lowest BCUT2D eigenvalue weighted by Crippen LogP contribution is -2.38. The number of methoxy groups -OCH3 is 1. The van der Waals surface area contributed by atoms with E-state index >= 15 is 0 Å². The number of amides is 1. The molecule has 0 bridgehead atoms. The van der Waals surface area contributed by atoms with Crippen LogP contribution in [0.5, 0.6) is 5.75 Å². The molecule has 132 valence electrons. The topological polar surface area (TPSA) is 50.4 Å². The maximum absolute atomic E-state index is 12.8. The van der Waals surface area contributed by atoms with E-state index in [9.17, 15) is 4.79 Å². The molecule has 2 aromatic rings. The molecule has 2 N–H and O–H groups in total. The zero-order valence-corrected chi connectivity index (χ0v) is 16.7. The number of ether oxygens (including phenoxy) is 1. The van der Waals surface area contributed by atoms with E-state index in [-0.39, 0.29) is 12.1 Å². The molecule has 0 saturated carbocycles. The fourth-order valence-electron chi connectivity index (χ4n) is 3.74. The van der Waals surface area contributed by atoms with Crippen molar-refractivity contribution in [3.8, 4) is 5.75 Å². The third-order valence-electron chi connectivity index (χ3n) is 5.23. The Morgan fingerprint density at radius 3 is 2.92 bits per heavy atom. The van der Waals surface area contributed by atoms with Crippen LogP contribution >= 0.6 is 27.3 Å². The summed E-state index contributed by atoms with van der Waals surface area (Å²) < 4.78 is 6.17. The van der Waals surface area contributed by atoms with Gasteiger partial charge in [-0.3, -0.25) is 4.79 Å². The van der Waals surface area contributed by atoms with Crippen LogP contribution in [-0.4, -0.2) is 13.0 Å². The quantitative estimate of drug-likeness (QED) is 0.742. The molecule has 2 heterocycles. The molecule has 0 spiro atoms. The van der Waals surface area contributed by atoms with E-state index in [1.54, 1.807) is 18.4 Å². The highest BCUT2D eigenvalue weighted by molar-refractivity contribution is 9.10. The van der Waals surface area contributed by atoms with Crippen molar-refractivity contribution in [1.82, 2.24) is 5.32 Å². The van der Waals surface area contributed by atoms with E-state index in [0.29, 0.717) is 0 Å². The summed E-state index contributed by atoms with van der Waals surface area (Å²) in [5.74, 6) is 1.57. The molecule has 0 unspecified atom stereocenters. The number of halogens is 1. The summed E-state index contributed by atoms with van der Waals surface area (Å²) in [7, 11) is 1.65. The molecule has 1 aromatic heterocycles. The van der Waals surface area contributed by atoms with Crippen molar-refractivity contribution in [1.29, 1.82) is 0 Å². The standard InChI is InChI=1S/C19H21BrN2O2S/c1-3-10-4-6-12-15(8-10)25-19-16(12)18(23)21-17(22-19)11-5-7-14(24-2)13(20)9-11/h5,7,9-10,17,22H,3-4,6,8H2,1-2H3,(H,21,23)/t10-,17-/m1/s1. The number of hydrogen-bond acceptors (Lipinski definition) is 4. The lowest BCUT2D eigenvalue weighted by atomic mass is 9.85. The van der Waals surface area contributed by atoms with Crippen molar-refractivity contribution in [2.24, 2.45) is 5.92 Å². The molecule has 4 nitrogen and oxygen atoms in total. The van der Waals surface area contributed by atoms with Crippen molar-refractivity contribution in [2.75, 3.05) is 12.4 Å². The van der Waals surface area contributed by atoms with Gasteiger partial charge in [-0.05, 0) is 64.4 Å². The molecule has 2 atom stereocenters. The number of benzene rings is 1. The van der Waals surface area contributed by atoms with Crippen molar-refractivity contribution in [2.45, 2.75) is 38.8 Å². The maximum Gasteiger partial charge on any atom is 0.256 e. The van der Waals surface area contributed by atoms with E-state index in [2.05, 4.69) is 33.5 Å². The third kappa shape index (κ3) is 2.95. The fraction of sp³-hybridized carbons (Fsp3) is 0.421. The molecule has 1 aromatic carbocycles. The predicted molar refractivity (Wildman–Crippen MR) is 105 cm³/mol. The number of anilines is 1. The van der Waals surface area contributed by atoms with Crippen molar-refractivity contribution < 1.29 is 9.53 Å². The van der Waals surface area contributed by atoms with Gasteiger partial charge in [-0.25, -0.2) is 0 Å². The van der Waals surface area contributed by atoms with E-state index in [4.69, 9.17) is 4.74 Å². The smallest absolute Gasteiger partial charge is 0.256 e. The van der Waals surface area contributed by atoms with Crippen molar-refractivity contribution in [3.63, 3.8) is 0 Å². The van der Waals surface area contributed by atoms with Gasteiger partial charge in [0.15, 0.2) is 0 Å². The molecule has 2 aliphatic rings. The van der Waals surface area contributed by atoms with Gasteiger partial charge in [0.05, 0.1) is 17.1 Å². The number of hydrogen-bond donors (Lipinski definition) is 2. The first-order valence-electron chi connectivity index (χ1n) is 8.66. The number of nitrogens with one attached hydrogen (secondary N) is 2. The van der Waals surface area contributed by atoms with Crippen molar-refractivity contribution >= 4 is 38.2 Å². The minimum atomic E-state index is -0.218. The minimum absolute atomic E-state index is 0.0399. The molecule has 25 heavy (non-hydrogen) atoms. The monoisotopic (exact) mass is 420 g/mol. The Kier molecular flexibility index (Phi) is 4.50. The van der Waals surface area contributed by atoms with Gasteiger partial charge < -0.3 is 15.4 Å². The van der Waals surface area contributed by atoms with E-state index in [1.165, 1.54) is 23.3 Å². The second-order valence-electron chi connectivity index (χ2n) is 6.67. The number of thiophene rings is 1. The predicted octanol–water partition coefficient (Wildman–Crippen LogP) is 4.89. The van der Waals surface area contributed by atoms with Crippen LogP contribution < -0.4 is 15.4 Å². The summed E-state index contributed by atoms with van der Waals surface area (Å²) in [5.41, 5.74) is 3.15. The summed E-state index contributed by atoms with van der Waals surface area (Å²) in [5, 5.41) is 7.65. The molecule has 0 fully saturated rings. The van der Waals surface area contributed by atoms with Gasteiger partial charge in [-0.2, -0.15) is 0 Å². The van der Waals surface area contributed by atoms with Crippen LogP contribution in [0.3, 0.4) is 0 Å². The first-order chi connectivity index (χ1) is 12.1. The summed E-state index contributed by atoms with van der Waals surface area (Å²) in [4.78, 5) is 14.2. The van der Waals surface area contributed by atoms with Gasteiger partial charge >= 0.3 is 0 Å². The maximum atomic E-state index is 12.8. The highest BCUT2D eigenvalue weighted by atomic mass is 79.9. The van der Waals surface area contributed by atoms with Crippen molar-refractivity contribution in [3.05, 3.63) is 44.2 Å². The van der Waals surface area contributed by atoms with E-state index < -0.39 is 0 Å². The van der Waals surface area contributed by atoms with Crippen LogP contribution in [0.2, 0.25) is 0 Å². The number of carbonyl (C=O) groups excluding carboxylic acids is 1. The van der Waals surface area contributed by atoms with E-state index in [1.807, 2.05) is 18.2 Å². The fourth-order valence-corrected chi connectivity index (χ4v) is 5.69. The van der Waals surface area contributed by atoms with Crippen LogP contribution in [0, 0.1) is 5.92 Å². The summed E-state index contributed by atoms with van der Waals surface area (Å²) in [6.45, 7) is 2.26. The highest BCUT2D eigenvalue weighted by Crippen LogP contribution is 2.43. The largest absolute Gasteiger partial charge is 0.496 e. The number of rotatable bonds is 3. The average Bonchev–Trinajstić information content (AvgIpc) is 2.99. The second kappa shape index (κ2) is 6.65. The van der Waals surface area contributed by atoms with E-state index in [0.717, 1.165) is 45.1 Å². The molecule has 1 aliphatic heterocycles. The minimum Gasteiger partial charge on any atom is -0.496 e. The molecule has 1 amide bonds.